The van der Waals surface area contributed by atoms with Crippen molar-refractivity contribution in [3.63, 3.8) is 0 Å². The van der Waals surface area contributed by atoms with E-state index in [9.17, 15) is 4.79 Å². The highest BCUT2D eigenvalue weighted by atomic mass is 32.1. The predicted octanol–water partition coefficient (Wildman–Crippen LogP) is 2.87. The van der Waals surface area contributed by atoms with Crippen LogP contribution in [0.15, 0.2) is 0 Å². The second-order valence-corrected chi connectivity index (χ2v) is 6.89. The van der Waals surface area contributed by atoms with E-state index in [1.165, 1.54) is 54.5 Å². The number of fused-ring (bicyclic) bond motifs is 1. The smallest absolute Gasteiger partial charge is 0.238 e. The van der Waals surface area contributed by atoms with E-state index in [1.807, 2.05) is 0 Å². The first kappa shape index (κ1) is 13.1. The maximum Gasteiger partial charge on any atom is 0.238 e. The average Bonchev–Trinajstić information content (AvgIpc) is 3.17. The summed E-state index contributed by atoms with van der Waals surface area (Å²) >= 11 is 1.78. The van der Waals surface area contributed by atoms with Crippen LogP contribution in [-0.2, 0) is 17.6 Å². The van der Waals surface area contributed by atoms with Crippen molar-refractivity contribution in [1.82, 2.24) is 5.32 Å². The molecule has 104 valence electrons. The van der Waals surface area contributed by atoms with Crippen molar-refractivity contribution in [2.24, 2.45) is 5.92 Å². The van der Waals surface area contributed by atoms with Gasteiger partial charge in [-0.05, 0) is 69.0 Å². The first-order chi connectivity index (χ1) is 9.24. The first-order valence-corrected chi connectivity index (χ1v) is 8.17. The Hall–Kier alpha value is -0.870. The summed E-state index contributed by atoms with van der Waals surface area (Å²) in [5.74, 6) is 0.922. The Kier molecular flexibility index (Phi) is 3.89. The molecule has 0 unspecified atom stereocenters. The molecule has 2 aliphatic rings. The zero-order valence-electron chi connectivity index (χ0n) is 11.6. The number of hydrogen-bond donors (Lipinski definition) is 2. The van der Waals surface area contributed by atoms with Gasteiger partial charge in [0.1, 0.15) is 0 Å². The molecule has 0 aromatic carbocycles. The van der Waals surface area contributed by atoms with Gasteiger partial charge in [-0.1, -0.05) is 0 Å². The molecule has 3 nitrogen and oxygen atoms in total. The van der Waals surface area contributed by atoms with E-state index in [1.54, 1.807) is 11.3 Å². The highest BCUT2D eigenvalue weighted by Gasteiger charge is 2.21. The number of aryl methyl sites for hydroxylation is 1. The fraction of sp³-hybridized carbons (Fsp3) is 0.667. The summed E-state index contributed by atoms with van der Waals surface area (Å²) in [7, 11) is 0. The molecule has 2 aliphatic carbocycles. The average molecular weight is 278 g/mol. The van der Waals surface area contributed by atoms with Crippen molar-refractivity contribution in [2.75, 3.05) is 18.4 Å². The number of amides is 1. The molecule has 0 atom stereocenters. The van der Waals surface area contributed by atoms with Gasteiger partial charge >= 0.3 is 0 Å². The van der Waals surface area contributed by atoms with Crippen LogP contribution in [-0.4, -0.2) is 19.0 Å². The van der Waals surface area contributed by atoms with Gasteiger partial charge in [-0.3, -0.25) is 4.79 Å². The Balaban J connectivity index is 1.56. The summed E-state index contributed by atoms with van der Waals surface area (Å²) in [5.41, 5.74) is 2.80. The molecule has 1 heterocycles. The van der Waals surface area contributed by atoms with Crippen LogP contribution in [0, 0.1) is 12.8 Å². The van der Waals surface area contributed by atoms with Gasteiger partial charge in [0.15, 0.2) is 0 Å². The third-order valence-electron chi connectivity index (χ3n) is 4.10. The molecule has 1 saturated carbocycles. The van der Waals surface area contributed by atoms with Crippen LogP contribution in [0.5, 0.6) is 0 Å². The Labute approximate surface area is 118 Å². The molecule has 1 aromatic rings. The van der Waals surface area contributed by atoms with Crippen LogP contribution < -0.4 is 10.6 Å². The van der Waals surface area contributed by atoms with E-state index < -0.39 is 0 Å². The van der Waals surface area contributed by atoms with E-state index in [2.05, 4.69) is 17.6 Å². The van der Waals surface area contributed by atoms with Gasteiger partial charge in [0.25, 0.3) is 0 Å². The maximum atomic E-state index is 11.9. The third-order valence-corrected chi connectivity index (χ3v) is 5.41. The Morgan fingerprint density at radius 1 is 1.32 bits per heavy atom. The fourth-order valence-corrected chi connectivity index (χ4v) is 4.04. The van der Waals surface area contributed by atoms with Gasteiger partial charge in [0.05, 0.1) is 11.5 Å². The number of carbonyl (C=O) groups excluding carboxylic acids is 1. The van der Waals surface area contributed by atoms with Gasteiger partial charge in [0, 0.05) is 4.88 Å². The van der Waals surface area contributed by atoms with Crippen molar-refractivity contribution >= 4 is 22.2 Å². The minimum atomic E-state index is 0.0994. The topological polar surface area (TPSA) is 41.1 Å². The van der Waals surface area contributed by atoms with E-state index in [-0.39, 0.29) is 5.91 Å². The third kappa shape index (κ3) is 3.18. The summed E-state index contributed by atoms with van der Waals surface area (Å²) in [6, 6.07) is 0. The molecule has 1 fully saturated rings. The number of hydrogen-bond acceptors (Lipinski definition) is 3. The van der Waals surface area contributed by atoms with Gasteiger partial charge in [-0.25, -0.2) is 0 Å². The Bertz CT molecular complexity index is 477. The molecule has 1 amide bonds. The monoisotopic (exact) mass is 278 g/mol. The zero-order chi connectivity index (χ0) is 13.2. The maximum absolute atomic E-state index is 11.9. The molecular weight excluding hydrogens is 256 g/mol. The standard InChI is InChI=1S/C15H22N2OS/c1-10-12-4-2-3-5-13(12)19-15(10)17-14(18)9-16-8-11-6-7-11/h11,16H,2-9H2,1H3,(H,17,18). The molecule has 0 aliphatic heterocycles. The van der Waals surface area contributed by atoms with Gasteiger partial charge in [-0.2, -0.15) is 0 Å². The lowest BCUT2D eigenvalue weighted by atomic mass is 9.96. The van der Waals surface area contributed by atoms with Gasteiger partial charge in [-0.15, -0.1) is 11.3 Å². The SMILES string of the molecule is Cc1c(NC(=O)CNCC2CC2)sc2c1CCCC2. The van der Waals surface area contributed by atoms with Crippen molar-refractivity contribution in [3.8, 4) is 0 Å². The normalized spacial score (nSPS) is 18.2. The van der Waals surface area contributed by atoms with Crippen LogP contribution in [0.1, 0.15) is 41.7 Å². The van der Waals surface area contributed by atoms with E-state index in [4.69, 9.17) is 0 Å². The highest BCUT2D eigenvalue weighted by Crippen LogP contribution is 2.37. The summed E-state index contributed by atoms with van der Waals surface area (Å²) in [6.07, 6.45) is 7.62. The number of nitrogens with one attached hydrogen (secondary N) is 2. The molecule has 2 N–H and O–H groups in total. The second kappa shape index (κ2) is 5.63. The van der Waals surface area contributed by atoms with Gasteiger partial charge < -0.3 is 10.6 Å². The Morgan fingerprint density at radius 3 is 2.84 bits per heavy atom. The molecule has 0 radical (unpaired) electrons. The van der Waals surface area contributed by atoms with Crippen LogP contribution in [0.25, 0.3) is 0 Å². The summed E-state index contributed by atoms with van der Waals surface area (Å²) in [6.45, 7) is 3.58. The lowest BCUT2D eigenvalue weighted by Gasteiger charge is -2.10. The van der Waals surface area contributed by atoms with Crippen molar-refractivity contribution in [3.05, 3.63) is 16.0 Å². The van der Waals surface area contributed by atoms with Crippen molar-refractivity contribution in [2.45, 2.75) is 45.4 Å². The van der Waals surface area contributed by atoms with Crippen LogP contribution >= 0.6 is 11.3 Å². The molecular formula is C15H22N2OS. The molecule has 3 rings (SSSR count). The second-order valence-electron chi connectivity index (χ2n) is 5.79. The number of anilines is 1. The largest absolute Gasteiger partial charge is 0.316 e. The molecule has 4 heteroatoms. The molecule has 19 heavy (non-hydrogen) atoms. The van der Waals surface area contributed by atoms with E-state index in [0.717, 1.165) is 17.5 Å². The van der Waals surface area contributed by atoms with Gasteiger partial charge in [0.2, 0.25) is 5.91 Å². The summed E-state index contributed by atoms with van der Waals surface area (Å²) in [5, 5.41) is 7.39. The zero-order valence-corrected chi connectivity index (χ0v) is 12.4. The first-order valence-electron chi connectivity index (χ1n) is 7.35. The lowest BCUT2D eigenvalue weighted by molar-refractivity contribution is -0.115. The van der Waals surface area contributed by atoms with Crippen LogP contribution in [0.2, 0.25) is 0 Å². The molecule has 0 bridgehead atoms. The molecule has 1 aromatic heterocycles. The quantitative estimate of drug-likeness (QED) is 0.869. The van der Waals surface area contributed by atoms with Crippen LogP contribution in [0.3, 0.4) is 0 Å². The summed E-state index contributed by atoms with van der Waals surface area (Å²) < 4.78 is 0. The molecule has 0 saturated heterocycles. The number of thiophene rings is 1. The highest BCUT2D eigenvalue weighted by molar-refractivity contribution is 7.16. The lowest BCUT2D eigenvalue weighted by Crippen LogP contribution is -2.29. The number of rotatable bonds is 5. The van der Waals surface area contributed by atoms with Crippen molar-refractivity contribution < 1.29 is 4.79 Å². The Morgan fingerprint density at radius 2 is 2.11 bits per heavy atom. The van der Waals surface area contributed by atoms with Crippen LogP contribution in [0.4, 0.5) is 5.00 Å². The molecule has 0 spiro atoms. The number of carbonyl (C=O) groups is 1. The fourth-order valence-electron chi connectivity index (χ4n) is 2.73. The minimum absolute atomic E-state index is 0.0994. The van der Waals surface area contributed by atoms with E-state index in [0.29, 0.717) is 6.54 Å². The summed E-state index contributed by atoms with van der Waals surface area (Å²) in [4.78, 5) is 13.4. The minimum Gasteiger partial charge on any atom is -0.316 e. The predicted molar refractivity (Wildman–Crippen MR) is 79.9 cm³/mol. The van der Waals surface area contributed by atoms with E-state index >= 15 is 0 Å². The van der Waals surface area contributed by atoms with Crippen molar-refractivity contribution in [1.29, 1.82) is 0 Å².